The zero-order valence-electron chi connectivity index (χ0n) is 15.7. The normalized spacial score (nSPS) is 11.2. The first kappa shape index (κ1) is 18.6. The van der Waals surface area contributed by atoms with E-state index in [0.717, 1.165) is 21.6 Å². The number of amides is 1. The van der Waals surface area contributed by atoms with Crippen LogP contribution in [0.1, 0.15) is 10.4 Å². The number of hydrogen-bond donors (Lipinski definition) is 1. The fourth-order valence-corrected chi connectivity index (χ4v) is 3.96. The van der Waals surface area contributed by atoms with Gasteiger partial charge in [0.2, 0.25) is 0 Å². The summed E-state index contributed by atoms with van der Waals surface area (Å²) in [7, 11) is 0. The average Bonchev–Trinajstić information content (AvgIpc) is 3.20. The van der Waals surface area contributed by atoms with Gasteiger partial charge in [-0.1, -0.05) is 42.5 Å². The van der Waals surface area contributed by atoms with Crippen LogP contribution in [0.2, 0.25) is 0 Å². The summed E-state index contributed by atoms with van der Waals surface area (Å²) in [5.41, 5.74) is 3.22. The lowest BCUT2D eigenvalue weighted by molar-refractivity contribution is -0.112. The highest BCUT2D eigenvalue weighted by Crippen LogP contribution is 2.32. The zero-order chi connectivity index (χ0) is 20.2. The molecule has 0 bridgehead atoms. The van der Waals surface area contributed by atoms with Crippen molar-refractivity contribution in [3.63, 3.8) is 0 Å². The standard InChI is InChI=1S/C24H17N3OS/c1-16-9-10-26-23(11-16)27-24(28)18(14-25)12-20-13-19(15-29-20)22-8-4-6-17-5-2-3-7-21(17)22/h2-13,15H,1H3,(H,26,27,28)/b18-12+. The van der Waals surface area contributed by atoms with Gasteiger partial charge in [-0.05, 0) is 64.0 Å². The number of hydrogen-bond acceptors (Lipinski definition) is 4. The smallest absolute Gasteiger partial charge is 0.267 e. The molecule has 29 heavy (non-hydrogen) atoms. The Morgan fingerprint density at radius 1 is 1.14 bits per heavy atom. The zero-order valence-corrected chi connectivity index (χ0v) is 16.5. The van der Waals surface area contributed by atoms with E-state index in [1.807, 2.05) is 48.7 Å². The molecule has 5 heteroatoms. The molecule has 0 radical (unpaired) electrons. The number of anilines is 1. The highest BCUT2D eigenvalue weighted by atomic mass is 32.1. The SMILES string of the molecule is Cc1ccnc(NC(=O)/C(C#N)=C/c2cc(-c3cccc4ccccc34)cs2)c1. The molecule has 0 unspecified atom stereocenters. The van der Waals surface area contributed by atoms with Crippen molar-refractivity contribution in [2.45, 2.75) is 6.92 Å². The molecule has 2 aromatic heterocycles. The largest absolute Gasteiger partial charge is 0.306 e. The minimum Gasteiger partial charge on any atom is -0.306 e. The average molecular weight is 395 g/mol. The maximum absolute atomic E-state index is 12.5. The predicted octanol–water partition coefficient (Wildman–Crippen LogP) is 5.82. The monoisotopic (exact) mass is 395 g/mol. The summed E-state index contributed by atoms with van der Waals surface area (Å²) in [5.74, 6) is -0.0375. The van der Waals surface area contributed by atoms with Crippen molar-refractivity contribution in [2.24, 2.45) is 0 Å². The van der Waals surface area contributed by atoms with Gasteiger partial charge in [-0.25, -0.2) is 4.98 Å². The van der Waals surface area contributed by atoms with E-state index in [0.29, 0.717) is 5.82 Å². The quantitative estimate of drug-likeness (QED) is 0.350. The van der Waals surface area contributed by atoms with E-state index in [1.54, 1.807) is 18.3 Å². The van der Waals surface area contributed by atoms with Crippen molar-refractivity contribution >= 4 is 39.9 Å². The molecule has 4 nitrogen and oxygen atoms in total. The van der Waals surface area contributed by atoms with Crippen LogP contribution < -0.4 is 5.32 Å². The Kier molecular flexibility index (Phi) is 5.19. The molecule has 0 aliphatic rings. The first-order chi connectivity index (χ1) is 14.1. The molecule has 0 aliphatic carbocycles. The Labute approximate surface area is 172 Å². The predicted molar refractivity (Wildman–Crippen MR) is 118 cm³/mol. The third-order valence-corrected chi connectivity index (χ3v) is 5.41. The minimum absolute atomic E-state index is 0.0413. The highest BCUT2D eigenvalue weighted by Gasteiger charge is 2.12. The van der Waals surface area contributed by atoms with Gasteiger partial charge < -0.3 is 5.32 Å². The second-order valence-electron chi connectivity index (χ2n) is 6.61. The first-order valence-corrected chi connectivity index (χ1v) is 9.94. The Morgan fingerprint density at radius 3 is 2.79 bits per heavy atom. The van der Waals surface area contributed by atoms with E-state index in [2.05, 4.69) is 34.6 Å². The molecule has 0 saturated heterocycles. The molecular formula is C24H17N3OS. The summed E-state index contributed by atoms with van der Waals surface area (Å²) < 4.78 is 0. The van der Waals surface area contributed by atoms with Crippen molar-refractivity contribution < 1.29 is 4.79 Å². The molecule has 1 amide bonds. The number of benzene rings is 2. The molecule has 4 aromatic rings. The Hall–Kier alpha value is -3.75. The Balaban J connectivity index is 1.62. The van der Waals surface area contributed by atoms with Crippen molar-refractivity contribution in [3.05, 3.63) is 88.3 Å². The maximum atomic E-state index is 12.5. The molecule has 0 saturated carbocycles. The summed E-state index contributed by atoms with van der Waals surface area (Å²) in [4.78, 5) is 17.4. The molecule has 0 spiro atoms. The lowest BCUT2D eigenvalue weighted by Gasteiger charge is -2.04. The van der Waals surface area contributed by atoms with Crippen molar-refractivity contribution in [1.29, 1.82) is 5.26 Å². The number of carbonyl (C=O) groups excluding carboxylic acids is 1. The minimum atomic E-state index is -0.467. The first-order valence-electron chi connectivity index (χ1n) is 9.06. The van der Waals surface area contributed by atoms with E-state index in [9.17, 15) is 10.1 Å². The number of aromatic nitrogens is 1. The number of carbonyl (C=O) groups is 1. The summed E-state index contributed by atoms with van der Waals surface area (Å²) in [5, 5.41) is 16.5. The van der Waals surface area contributed by atoms with Gasteiger partial charge in [0, 0.05) is 11.1 Å². The van der Waals surface area contributed by atoms with Crippen molar-refractivity contribution in [2.75, 3.05) is 5.32 Å². The molecule has 4 rings (SSSR count). The summed E-state index contributed by atoms with van der Waals surface area (Å²) in [6.45, 7) is 1.92. The molecule has 140 valence electrons. The van der Waals surface area contributed by atoms with E-state index in [4.69, 9.17) is 0 Å². The topological polar surface area (TPSA) is 65.8 Å². The van der Waals surface area contributed by atoms with Gasteiger partial charge in [0.15, 0.2) is 0 Å². The van der Waals surface area contributed by atoms with Crippen LogP contribution in [0.5, 0.6) is 0 Å². The van der Waals surface area contributed by atoms with Crippen LogP contribution >= 0.6 is 11.3 Å². The number of aryl methyl sites for hydroxylation is 1. The van der Waals surface area contributed by atoms with E-state index >= 15 is 0 Å². The van der Waals surface area contributed by atoms with Crippen LogP contribution in [0.3, 0.4) is 0 Å². The van der Waals surface area contributed by atoms with Gasteiger partial charge in [-0.3, -0.25) is 4.79 Å². The number of pyridine rings is 1. The second kappa shape index (κ2) is 8.09. The summed E-state index contributed by atoms with van der Waals surface area (Å²) in [6, 6.07) is 22.0. The van der Waals surface area contributed by atoms with E-state index < -0.39 is 5.91 Å². The maximum Gasteiger partial charge on any atom is 0.267 e. The molecule has 1 N–H and O–H groups in total. The molecule has 0 atom stereocenters. The van der Waals surface area contributed by atoms with Gasteiger partial charge >= 0.3 is 0 Å². The van der Waals surface area contributed by atoms with Crippen LogP contribution in [0.25, 0.3) is 28.0 Å². The van der Waals surface area contributed by atoms with Gasteiger partial charge in [0.05, 0.1) is 0 Å². The van der Waals surface area contributed by atoms with Crippen molar-refractivity contribution in [3.8, 4) is 17.2 Å². The highest BCUT2D eigenvalue weighted by molar-refractivity contribution is 7.11. The number of nitrogens with one attached hydrogen (secondary N) is 1. The fourth-order valence-electron chi connectivity index (χ4n) is 3.13. The lowest BCUT2D eigenvalue weighted by Crippen LogP contribution is -2.14. The Bertz CT molecular complexity index is 1280. The molecule has 2 heterocycles. The number of nitriles is 1. The van der Waals surface area contributed by atoms with Crippen LogP contribution in [-0.4, -0.2) is 10.9 Å². The van der Waals surface area contributed by atoms with Gasteiger partial charge in [0.1, 0.15) is 17.5 Å². The third-order valence-electron chi connectivity index (χ3n) is 4.53. The lowest BCUT2D eigenvalue weighted by atomic mass is 10.00. The van der Waals surface area contributed by atoms with E-state index in [1.165, 1.54) is 22.1 Å². The number of nitrogens with zero attached hydrogens (tertiary/aromatic N) is 2. The second-order valence-corrected chi connectivity index (χ2v) is 7.55. The van der Waals surface area contributed by atoms with Crippen LogP contribution in [0.15, 0.2) is 77.8 Å². The summed E-state index contributed by atoms with van der Waals surface area (Å²) in [6.07, 6.45) is 3.24. The van der Waals surface area contributed by atoms with E-state index in [-0.39, 0.29) is 5.57 Å². The van der Waals surface area contributed by atoms with Crippen LogP contribution in [0.4, 0.5) is 5.82 Å². The fraction of sp³-hybridized carbons (Fsp3) is 0.0417. The van der Waals surface area contributed by atoms with Crippen molar-refractivity contribution in [1.82, 2.24) is 4.98 Å². The Morgan fingerprint density at radius 2 is 1.97 bits per heavy atom. The number of fused-ring (bicyclic) bond motifs is 1. The van der Waals surface area contributed by atoms with Gasteiger partial charge in [-0.15, -0.1) is 11.3 Å². The number of rotatable bonds is 4. The van der Waals surface area contributed by atoms with Gasteiger partial charge in [0.25, 0.3) is 5.91 Å². The van der Waals surface area contributed by atoms with Gasteiger partial charge in [-0.2, -0.15) is 5.26 Å². The number of thiophene rings is 1. The molecular weight excluding hydrogens is 378 g/mol. The van der Waals surface area contributed by atoms with Crippen LogP contribution in [0, 0.1) is 18.3 Å². The molecule has 0 fully saturated rings. The molecule has 2 aromatic carbocycles. The molecule has 0 aliphatic heterocycles. The van der Waals surface area contributed by atoms with Crippen LogP contribution in [-0.2, 0) is 4.79 Å². The summed E-state index contributed by atoms with van der Waals surface area (Å²) >= 11 is 1.50. The third kappa shape index (κ3) is 4.08.